The highest BCUT2D eigenvalue weighted by molar-refractivity contribution is 5.64. The van der Waals surface area contributed by atoms with Gasteiger partial charge in [-0.3, -0.25) is 0 Å². The van der Waals surface area contributed by atoms with Gasteiger partial charge in [-0.1, -0.05) is 12.1 Å². The van der Waals surface area contributed by atoms with Gasteiger partial charge in [-0.15, -0.1) is 0 Å². The van der Waals surface area contributed by atoms with Crippen molar-refractivity contribution >= 4 is 11.6 Å². The molecule has 1 unspecified atom stereocenters. The second-order valence-corrected chi connectivity index (χ2v) is 5.91. The number of aliphatic hydroxyl groups excluding tert-OH is 1. The van der Waals surface area contributed by atoms with E-state index in [1.807, 2.05) is 24.3 Å². The summed E-state index contributed by atoms with van der Waals surface area (Å²) in [7, 11) is 1.62. The van der Waals surface area contributed by atoms with E-state index < -0.39 is 0 Å². The van der Waals surface area contributed by atoms with Crippen LogP contribution < -0.4 is 15.4 Å². The van der Waals surface area contributed by atoms with Crippen molar-refractivity contribution in [3.63, 3.8) is 0 Å². The summed E-state index contributed by atoms with van der Waals surface area (Å²) in [4.78, 5) is 8.33. The molecule has 3 rings (SSSR count). The van der Waals surface area contributed by atoms with E-state index in [9.17, 15) is 5.26 Å². The number of anilines is 2. The van der Waals surface area contributed by atoms with Crippen LogP contribution >= 0.6 is 0 Å². The van der Waals surface area contributed by atoms with Gasteiger partial charge in [0.05, 0.1) is 19.8 Å². The monoisotopic (exact) mass is 355 g/mol. The SMILES string of the molecule is COc1ccc(CNc2ncnc(NC3CC[C@@H](CO)O3)c2C#N)cc1. The number of rotatable bonds is 7. The quantitative estimate of drug-likeness (QED) is 0.690. The Morgan fingerprint density at radius 2 is 2.04 bits per heavy atom. The Morgan fingerprint density at radius 3 is 2.69 bits per heavy atom. The summed E-state index contributed by atoms with van der Waals surface area (Å²) in [5, 5.41) is 25.0. The van der Waals surface area contributed by atoms with Gasteiger partial charge in [0.2, 0.25) is 0 Å². The number of nitrogens with zero attached hydrogens (tertiary/aromatic N) is 3. The zero-order chi connectivity index (χ0) is 18.4. The normalized spacial score (nSPS) is 19.0. The molecule has 0 amide bonds. The Kier molecular flexibility index (Phi) is 5.84. The van der Waals surface area contributed by atoms with E-state index in [-0.39, 0.29) is 18.9 Å². The molecule has 8 nitrogen and oxygen atoms in total. The van der Waals surface area contributed by atoms with Crippen molar-refractivity contribution in [2.24, 2.45) is 0 Å². The van der Waals surface area contributed by atoms with Crippen LogP contribution in [-0.4, -0.2) is 41.1 Å². The average molecular weight is 355 g/mol. The van der Waals surface area contributed by atoms with Crippen molar-refractivity contribution in [2.45, 2.75) is 31.7 Å². The molecule has 0 bridgehead atoms. The van der Waals surface area contributed by atoms with Gasteiger partial charge in [0.25, 0.3) is 0 Å². The van der Waals surface area contributed by atoms with Crippen LogP contribution in [-0.2, 0) is 11.3 Å². The fourth-order valence-electron chi connectivity index (χ4n) is 2.76. The van der Waals surface area contributed by atoms with Crippen molar-refractivity contribution in [2.75, 3.05) is 24.4 Å². The lowest BCUT2D eigenvalue weighted by atomic mass is 10.2. The summed E-state index contributed by atoms with van der Waals surface area (Å²) in [6.07, 6.45) is 2.47. The molecule has 1 aromatic carbocycles. The minimum absolute atomic E-state index is 0.0122. The van der Waals surface area contributed by atoms with E-state index in [4.69, 9.17) is 14.6 Å². The molecule has 0 radical (unpaired) electrons. The maximum atomic E-state index is 9.53. The molecule has 3 N–H and O–H groups in total. The van der Waals surface area contributed by atoms with Crippen molar-refractivity contribution in [1.29, 1.82) is 5.26 Å². The number of aromatic nitrogens is 2. The van der Waals surface area contributed by atoms with Gasteiger partial charge >= 0.3 is 0 Å². The molecule has 26 heavy (non-hydrogen) atoms. The van der Waals surface area contributed by atoms with Crippen LogP contribution in [0.25, 0.3) is 0 Å². The number of ether oxygens (including phenoxy) is 2. The van der Waals surface area contributed by atoms with Gasteiger partial charge < -0.3 is 25.2 Å². The van der Waals surface area contributed by atoms with Crippen LogP contribution in [0, 0.1) is 11.3 Å². The number of aliphatic hydroxyl groups is 1. The van der Waals surface area contributed by atoms with Gasteiger partial charge in [-0.25, -0.2) is 9.97 Å². The lowest BCUT2D eigenvalue weighted by Gasteiger charge is -2.16. The third-order valence-electron chi connectivity index (χ3n) is 4.19. The molecule has 1 aliphatic heterocycles. The van der Waals surface area contributed by atoms with Gasteiger partial charge in [-0.2, -0.15) is 5.26 Å². The van der Waals surface area contributed by atoms with Gasteiger partial charge in [0, 0.05) is 6.54 Å². The van der Waals surface area contributed by atoms with Gasteiger partial charge in [0.15, 0.2) is 5.82 Å². The van der Waals surface area contributed by atoms with Crippen LogP contribution in [0.1, 0.15) is 24.0 Å². The van der Waals surface area contributed by atoms with Crippen LogP contribution in [0.2, 0.25) is 0 Å². The molecule has 0 saturated carbocycles. The minimum Gasteiger partial charge on any atom is -0.497 e. The van der Waals surface area contributed by atoms with Gasteiger partial charge in [-0.05, 0) is 30.5 Å². The summed E-state index contributed by atoms with van der Waals surface area (Å²) in [5.41, 5.74) is 1.37. The van der Waals surface area contributed by atoms with Crippen molar-refractivity contribution in [3.8, 4) is 11.8 Å². The summed E-state index contributed by atoms with van der Waals surface area (Å²) >= 11 is 0. The van der Waals surface area contributed by atoms with E-state index in [0.29, 0.717) is 23.7 Å². The van der Waals surface area contributed by atoms with E-state index in [2.05, 4.69) is 26.7 Å². The van der Waals surface area contributed by atoms with Crippen LogP contribution in [0.3, 0.4) is 0 Å². The lowest BCUT2D eigenvalue weighted by molar-refractivity contribution is 0.0234. The first-order chi connectivity index (χ1) is 12.7. The summed E-state index contributed by atoms with van der Waals surface area (Å²) < 4.78 is 10.8. The highest BCUT2D eigenvalue weighted by atomic mass is 16.5. The maximum absolute atomic E-state index is 9.53. The third-order valence-corrected chi connectivity index (χ3v) is 4.19. The number of nitriles is 1. The van der Waals surface area contributed by atoms with E-state index in [1.165, 1.54) is 6.33 Å². The second kappa shape index (κ2) is 8.47. The van der Waals surface area contributed by atoms with Crippen LogP contribution in [0.15, 0.2) is 30.6 Å². The highest BCUT2D eigenvalue weighted by Crippen LogP contribution is 2.25. The Bertz CT molecular complexity index is 775. The molecule has 2 heterocycles. The molecule has 1 aromatic heterocycles. The zero-order valence-electron chi connectivity index (χ0n) is 14.5. The number of benzene rings is 1. The topological polar surface area (TPSA) is 112 Å². The maximum Gasteiger partial charge on any atom is 0.151 e. The Labute approximate surface area is 151 Å². The predicted octanol–water partition coefficient (Wildman–Crippen LogP) is 1.88. The first-order valence-corrected chi connectivity index (χ1v) is 8.38. The molecule has 1 fully saturated rings. The molecule has 136 valence electrons. The molecular formula is C18H21N5O3. The van der Waals surface area contributed by atoms with E-state index >= 15 is 0 Å². The number of methoxy groups -OCH3 is 1. The predicted molar refractivity (Wildman–Crippen MR) is 95.7 cm³/mol. The second-order valence-electron chi connectivity index (χ2n) is 5.91. The molecule has 0 aliphatic carbocycles. The summed E-state index contributed by atoms with van der Waals surface area (Å²) in [5.74, 6) is 1.67. The number of nitrogens with one attached hydrogen (secondary N) is 2. The standard InChI is InChI=1S/C18H21N5O3/c1-25-13-4-2-12(3-5-13)9-20-17-15(8-19)18(22-11-21-17)23-16-7-6-14(10-24)26-16/h2-5,11,14,16,24H,6-7,9-10H2,1H3,(H2,20,21,22,23)/t14-,16?/m0/s1. The van der Waals surface area contributed by atoms with Gasteiger partial charge in [0.1, 0.15) is 35.8 Å². The first kappa shape index (κ1) is 17.9. The molecule has 1 aliphatic rings. The number of hydrogen-bond acceptors (Lipinski definition) is 8. The smallest absolute Gasteiger partial charge is 0.151 e. The summed E-state index contributed by atoms with van der Waals surface area (Å²) in [6.45, 7) is 0.503. The molecule has 2 aromatic rings. The molecule has 8 heteroatoms. The molecule has 2 atom stereocenters. The average Bonchev–Trinajstić information content (AvgIpc) is 3.14. The fraction of sp³-hybridized carbons (Fsp3) is 0.389. The van der Waals surface area contributed by atoms with Crippen LogP contribution in [0.5, 0.6) is 5.75 Å². The summed E-state index contributed by atoms with van der Waals surface area (Å²) in [6, 6.07) is 9.79. The van der Waals surface area contributed by atoms with Crippen molar-refractivity contribution in [1.82, 2.24) is 9.97 Å². The molecule has 1 saturated heterocycles. The largest absolute Gasteiger partial charge is 0.497 e. The third kappa shape index (κ3) is 4.20. The first-order valence-electron chi connectivity index (χ1n) is 8.38. The Morgan fingerprint density at radius 1 is 1.27 bits per heavy atom. The minimum atomic E-state index is -0.274. The zero-order valence-corrected chi connectivity index (χ0v) is 14.5. The molecular weight excluding hydrogens is 334 g/mol. The lowest BCUT2D eigenvalue weighted by Crippen LogP contribution is -2.23. The van der Waals surface area contributed by atoms with Crippen molar-refractivity contribution < 1.29 is 14.6 Å². The molecule has 0 spiro atoms. The Balaban J connectivity index is 1.68. The number of hydrogen-bond donors (Lipinski definition) is 3. The highest BCUT2D eigenvalue weighted by Gasteiger charge is 2.26. The van der Waals surface area contributed by atoms with E-state index in [0.717, 1.165) is 24.2 Å². The van der Waals surface area contributed by atoms with E-state index in [1.54, 1.807) is 7.11 Å². The Hall–Kier alpha value is -2.89. The van der Waals surface area contributed by atoms with Crippen LogP contribution in [0.4, 0.5) is 11.6 Å². The van der Waals surface area contributed by atoms with Crippen molar-refractivity contribution in [3.05, 3.63) is 41.7 Å². The fourth-order valence-corrected chi connectivity index (χ4v) is 2.76.